The molecule has 0 unspecified atom stereocenters. The van der Waals surface area contributed by atoms with Gasteiger partial charge in [0.05, 0.1) is 0 Å². The van der Waals surface area contributed by atoms with Crippen LogP contribution in [-0.4, -0.2) is 29.2 Å². The molecule has 0 aromatic rings. The molecule has 0 amide bonds. The van der Waals surface area contributed by atoms with E-state index in [4.69, 9.17) is 10.2 Å². The lowest BCUT2D eigenvalue weighted by molar-refractivity contribution is 0.282. The van der Waals surface area contributed by atoms with Gasteiger partial charge in [-0.3, -0.25) is 0 Å². The van der Waals surface area contributed by atoms with Gasteiger partial charge in [0.15, 0.2) is 0 Å². The molecule has 0 radical (unpaired) electrons. The molecule has 0 rings (SSSR count). The van der Waals surface area contributed by atoms with E-state index < -0.39 is 0 Å². The average Bonchev–Trinajstić information content (AvgIpc) is 2.28. The maximum absolute atomic E-state index is 8.56. The third-order valence-corrected chi connectivity index (χ3v) is 2.63. The van der Waals surface area contributed by atoms with Crippen molar-refractivity contribution >= 4 is 12.6 Å². The predicted octanol–water partition coefficient (Wildman–Crippen LogP) is 3.42. The summed E-state index contributed by atoms with van der Waals surface area (Å²) in [5.41, 5.74) is 0. The van der Waals surface area contributed by atoms with Crippen LogP contribution in [-0.2, 0) is 0 Å². The lowest BCUT2D eigenvalue weighted by Crippen LogP contribution is -1.84. The van der Waals surface area contributed by atoms with Gasteiger partial charge in [-0.15, -0.1) is 0 Å². The zero-order chi connectivity index (χ0) is 12.5. The molecule has 0 saturated heterocycles. The third kappa shape index (κ3) is 23.8. The first-order valence-corrected chi connectivity index (χ1v) is 7.29. The van der Waals surface area contributed by atoms with Crippen molar-refractivity contribution in [3.63, 3.8) is 0 Å². The lowest BCUT2D eigenvalue weighted by Gasteiger charge is -2.00. The van der Waals surface area contributed by atoms with Gasteiger partial charge in [-0.1, -0.05) is 44.9 Å². The van der Waals surface area contributed by atoms with Crippen LogP contribution in [0.4, 0.5) is 0 Å². The van der Waals surface area contributed by atoms with Gasteiger partial charge in [0.2, 0.25) is 0 Å². The number of hydrogen-bond acceptors (Lipinski definition) is 3. The zero-order valence-corrected chi connectivity index (χ0v) is 11.7. The van der Waals surface area contributed by atoms with E-state index in [1.807, 2.05) is 0 Å². The second-order valence-corrected chi connectivity index (χ2v) is 4.39. The molecule has 0 atom stereocenters. The predicted molar refractivity (Wildman–Crippen MR) is 75.3 cm³/mol. The Morgan fingerprint density at radius 1 is 0.688 bits per heavy atom. The van der Waals surface area contributed by atoms with Gasteiger partial charge >= 0.3 is 0 Å². The molecule has 0 aliphatic rings. The fourth-order valence-electron chi connectivity index (χ4n) is 1.46. The van der Waals surface area contributed by atoms with Crippen molar-refractivity contribution in [3.05, 3.63) is 0 Å². The van der Waals surface area contributed by atoms with E-state index >= 15 is 0 Å². The molecule has 100 valence electrons. The molecule has 0 aliphatic carbocycles. The lowest BCUT2D eigenvalue weighted by atomic mass is 10.1. The maximum atomic E-state index is 8.56. The normalized spacial score (nSPS) is 9.75. The van der Waals surface area contributed by atoms with Crippen molar-refractivity contribution in [1.29, 1.82) is 0 Å². The van der Waals surface area contributed by atoms with Crippen molar-refractivity contribution in [2.24, 2.45) is 0 Å². The largest absolute Gasteiger partial charge is 0.397 e. The summed E-state index contributed by atoms with van der Waals surface area (Å²) in [5, 5.41) is 16.1. The van der Waals surface area contributed by atoms with Gasteiger partial charge in [0, 0.05) is 13.2 Å². The van der Waals surface area contributed by atoms with Crippen molar-refractivity contribution in [2.45, 2.75) is 64.7 Å². The molecule has 0 fully saturated rings. The molecule has 0 aliphatic heterocycles. The summed E-state index contributed by atoms with van der Waals surface area (Å²) in [7, 11) is 0. The zero-order valence-electron chi connectivity index (χ0n) is 10.8. The Morgan fingerprint density at radius 2 is 1.00 bits per heavy atom. The molecule has 0 spiro atoms. The minimum absolute atomic E-state index is 0.250. The summed E-state index contributed by atoms with van der Waals surface area (Å²) in [5.74, 6) is 1.04. The Balaban J connectivity index is 0. The Morgan fingerprint density at radius 3 is 1.31 bits per heavy atom. The van der Waals surface area contributed by atoms with Crippen molar-refractivity contribution in [3.8, 4) is 0 Å². The van der Waals surface area contributed by atoms with Crippen molar-refractivity contribution < 1.29 is 10.2 Å². The van der Waals surface area contributed by atoms with Crippen LogP contribution in [0.25, 0.3) is 0 Å². The molecule has 16 heavy (non-hydrogen) atoms. The quantitative estimate of drug-likeness (QED) is 0.411. The number of aliphatic hydroxyl groups is 2. The second kappa shape index (κ2) is 20.7. The van der Waals surface area contributed by atoms with E-state index in [0.29, 0.717) is 6.61 Å². The van der Waals surface area contributed by atoms with E-state index in [-0.39, 0.29) is 6.61 Å². The van der Waals surface area contributed by atoms with Gasteiger partial charge in [-0.2, -0.15) is 12.6 Å². The summed E-state index contributed by atoms with van der Waals surface area (Å²) in [4.78, 5) is 0. The van der Waals surface area contributed by atoms with Gasteiger partial charge in [0.25, 0.3) is 0 Å². The number of hydrogen-bond donors (Lipinski definition) is 3. The first-order chi connectivity index (χ1) is 7.83. The van der Waals surface area contributed by atoms with Crippen LogP contribution in [0.5, 0.6) is 0 Å². The Labute approximate surface area is 107 Å². The minimum Gasteiger partial charge on any atom is -0.397 e. The molecule has 0 aromatic carbocycles. The van der Waals surface area contributed by atoms with Gasteiger partial charge in [-0.25, -0.2) is 0 Å². The number of rotatable bonds is 10. The number of thiol groups is 1. The third-order valence-electron chi connectivity index (χ3n) is 2.32. The molecule has 3 heteroatoms. The minimum atomic E-state index is 0.250. The number of unbranched alkanes of at least 4 members (excludes halogenated alkanes) is 8. The average molecular weight is 250 g/mol. The van der Waals surface area contributed by atoms with E-state index in [1.54, 1.807) is 6.92 Å². The topological polar surface area (TPSA) is 40.5 Å². The van der Waals surface area contributed by atoms with E-state index in [1.165, 1.54) is 51.4 Å². The standard InChI is InChI=1S/C11H24OS.C2H6O/c12-10-8-6-4-2-1-3-5-7-9-11-13;1-2-3/h12-13H,1-11H2;3H,2H2,1H3. The van der Waals surface area contributed by atoms with Crippen LogP contribution in [0.1, 0.15) is 64.7 Å². The summed E-state index contributed by atoms with van der Waals surface area (Å²) < 4.78 is 0. The summed E-state index contributed by atoms with van der Waals surface area (Å²) in [6.45, 7) is 2.29. The molecule has 2 N–H and O–H groups in total. The van der Waals surface area contributed by atoms with E-state index in [0.717, 1.165) is 12.2 Å². The number of aliphatic hydroxyl groups excluding tert-OH is 2. The highest BCUT2D eigenvalue weighted by Crippen LogP contribution is 2.09. The highest BCUT2D eigenvalue weighted by molar-refractivity contribution is 7.80. The monoisotopic (exact) mass is 250 g/mol. The van der Waals surface area contributed by atoms with Crippen LogP contribution in [0.15, 0.2) is 0 Å². The van der Waals surface area contributed by atoms with Gasteiger partial charge in [-0.05, 0) is 25.5 Å². The van der Waals surface area contributed by atoms with E-state index in [9.17, 15) is 0 Å². The van der Waals surface area contributed by atoms with Crippen LogP contribution in [0, 0.1) is 0 Å². The van der Waals surface area contributed by atoms with Gasteiger partial charge < -0.3 is 10.2 Å². The Bertz CT molecular complexity index is 89.9. The molecular formula is C13H30O2S. The smallest absolute Gasteiger partial charge is 0.0431 e. The molecule has 0 aromatic heterocycles. The summed E-state index contributed by atoms with van der Waals surface area (Å²) in [6.07, 6.45) is 11.6. The fraction of sp³-hybridized carbons (Fsp3) is 1.00. The Kier molecular flexibility index (Phi) is 24.0. The van der Waals surface area contributed by atoms with Crippen LogP contribution in [0.3, 0.4) is 0 Å². The first kappa shape index (κ1) is 18.6. The maximum Gasteiger partial charge on any atom is 0.0431 e. The molecule has 0 saturated carbocycles. The molecular weight excluding hydrogens is 220 g/mol. The van der Waals surface area contributed by atoms with Crippen molar-refractivity contribution in [2.75, 3.05) is 19.0 Å². The Hall–Kier alpha value is 0.270. The summed E-state index contributed by atoms with van der Waals surface area (Å²) >= 11 is 4.18. The van der Waals surface area contributed by atoms with Gasteiger partial charge in [0.1, 0.15) is 0 Å². The fourth-order valence-corrected chi connectivity index (χ4v) is 1.68. The van der Waals surface area contributed by atoms with Crippen LogP contribution >= 0.6 is 12.6 Å². The molecule has 2 nitrogen and oxygen atoms in total. The highest BCUT2D eigenvalue weighted by Gasteiger charge is 1.91. The first-order valence-electron chi connectivity index (χ1n) is 6.66. The van der Waals surface area contributed by atoms with E-state index in [2.05, 4.69) is 12.6 Å². The van der Waals surface area contributed by atoms with Crippen LogP contribution in [0.2, 0.25) is 0 Å². The summed E-state index contributed by atoms with van der Waals surface area (Å²) in [6, 6.07) is 0. The highest BCUT2D eigenvalue weighted by atomic mass is 32.1. The van der Waals surface area contributed by atoms with Crippen LogP contribution < -0.4 is 0 Å². The molecule has 0 bridgehead atoms. The molecule has 0 heterocycles. The SMILES string of the molecule is CCO.OCCCCCCCCCCCS. The second-order valence-electron chi connectivity index (χ2n) is 3.95. The van der Waals surface area contributed by atoms with Crippen molar-refractivity contribution in [1.82, 2.24) is 0 Å².